The number of halogens is 3. The summed E-state index contributed by atoms with van der Waals surface area (Å²) in [6.45, 7) is 2.48. The van der Waals surface area contributed by atoms with Gasteiger partial charge in [0.05, 0.1) is 18.1 Å². The summed E-state index contributed by atoms with van der Waals surface area (Å²) in [5.41, 5.74) is 3.39. The van der Waals surface area contributed by atoms with Crippen molar-refractivity contribution < 1.29 is 37.4 Å². The van der Waals surface area contributed by atoms with E-state index in [-0.39, 0.29) is 48.5 Å². The molecule has 0 radical (unpaired) electrons. The predicted octanol–water partition coefficient (Wildman–Crippen LogP) is 5.18. The zero-order chi connectivity index (χ0) is 39.0. The van der Waals surface area contributed by atoms with Crippen LogP contribution in [0.25, 0.3) is 11.2 Å². The number of hydrogen-bond donors (Lipinski definition) is 3. The maximum atomic E-state index is 13.9. The summed E-state index contributed by atoms with van der Waals surface area (Å²) in [6, 6.07) is 23.4. The highest BCUT2D eigenvalue weighted by Gasteiger charge is 2.48. The second kappa shape index (κ2) is 15.3. The molecular formula is C39H38F3N9O5. The van der Waals surface area contributed by atoms with Crippen LogP contribution in [0.3, 0.4) is 0 Å². The van der Waals surface area contributed by atoms with Crippen LogP contribution < -0.4 is 15.1 Å². The molecule has 2 aliphatic heterocycles. The molecule has 6 heterocycles. The van der Waals surface area contributed by atoms with Crippen LogP contribution in [0.2, 0.25) is 0 Å². The number of nitrogens with zero attached hydrogens (tertiary/aromatic N) is 8. The van der Waals surface area contributed by atoms with Gasteiger partial charge in [0.25, 0.3) is 0 Å². The number of hydrogen-bond acceptors (Lipinski definition) is 12. The van der Waals surface area contributed by atoms with E-state index in [1.807, 2.05) is 67.6 Å². The second-order valence-corrected chi connectivity index (χ2v) is 13.7. The number of aromatic nitrogens is 6. The number of pyridine rings is 1. The molecule has 0 spiro atoms. The summed E-state index contributed by atoms with van der Waals surface area (Å²) in [7, 11) is 0. The summed E-state index contributed by atoms with van der Waals surface area (Å²) in [5, 5.41) is 29.8. The van der Waals surface area contributed by atoms with Gasteiger partial charge >= 0.3 is 12.1 Å². The highest BCUT2D eigenvalue weighted by molar-refractivity contribution is 5.98. The Labute approximate surface area is 318 Å². The van der Waals surface area contributed by atoms with Crippen molar-refractivity contribution in [3.8, 4) is 0 Å². The van der Waals surface area contributed by atoms with Gasteiger partial charge in [-0.15, -0.1) is 0 Å². The molecule has 17 heteroatoms. The molecule has 2 aromatic carbocycles. The Bertz CT molecular complexity index is 2240. The standard InChI is InChI=1S/C39H38F3N9O5/c1-2-25-19-29(56-48-25)33-31(52)32(53)36(55-33)50-22-45-30-34(44-20-28(23-9-5-3-6-10-23)24-11-7-4-8-12-24)46-38(47-35(30)50)49-18-15-27(21-49)51(37(54)39(40,41)42)26-13-16-43-17-14-26/h3-14,16-17,19,22,27-28,31-33,36,52-53H,2,15,18,20-21H2,1H3,(H,44,46,47)/t27-,31+,32+,33-,36-/m1/s1. The lowest BCUT2D eigenvalue weighted by Gasteiger charge is -2.29. The molecule has 1 amide bonds. The number of alkyl halides is 3. The Morgan fingerprint density at radius 3 is 2.34 bits per heavy atom. The fraction of sp³-hybridized carbons (Fsp3) is 0.333. The molecule has 0 aliphatic carbocycles. The summed E-state index contributed by atoms with van der Waals surface area (Å²) >= 11 is 0. The first-order valence-electron chi connectivity index (χ1n) is 18.2. The third-order valence-electron chi connectivity index (χ3n) is 10.2. The van der Waals surface area contributed by atoms with Gasteiger partial charge in [-0.25, -0.2) is 4.98 Å². The van der Waals surface area contributed by atoms with E-state index in [1.165, 1.54) is 35.4 Å². The first kappa shape index (κ1) is 37.0. The molecule has 56 heavy (non-hydrogen) atoms. The van der Waals surface area contributed by atoms with Crippen LogP contribution in [-0.2, 0) is 16.0 Å². The third kappa shape index (κ3) is 7.15. The summed E-state index contributed by atoms with van der Waals surface area (Å²) < 4.78 is 54.9. The van der Waals surface area contributed by atoms with E-state index in [4.69, 9.17) is 19.2 Å². The number of anilines is 3. The maximum absolute atomic E-state index is 13.9. The monoisotopic (exact) mass is 769 g/mol. The molecule has 2 aliphatic rings. The minimum atomic E-state index is -5.11. The van der Waals surface area contributed by atoms with Gasteiger partial charge in [0.15, 0.2) is 29.0 Å². The van der Waals surface area contributed by atoms with Gasteiger partial charge in [-0.1, -0.05) is 72.7 Å². The number of aliphatic hydroxyl groups excluding tert-OH is 2. The molecule has 0 saturated carbocycles. The van der Waals surface area contributed by atoms with Crippen LogP contribution in [0.15, 0.2) is 102 Å². The van der Waals surface area contributed by atoms with Crippen LogP contribution in [0.4, 0.5) is 30.6 Å². The van der Waals surface area contributed by atoms with Crippen LogP contribution in [0.1, 0.15) is 54.2 Å². The third-order valence-corrected chi connectivity index (χ3v) is 10.2. The van der Waals surface area contributed by atoms with Crippen LogP contribution >= 0.6 is 0 Å². The van der Waals surface area contributed by atoms with E-state index in [2.05, 4.69) is 20.4 Å². The van der Waals surface area contributed by atoms with Crippen molar-refractivity contribution in [2.24, 2.45) is 0 Å². The molecule has 6 aromatic rings. The van der Waals surface area contributed by atoms with Crippen molar-refractivity contribution in [1.82, 2.24) is 29.7 Å². The van der Waals surface area contributed by atoms with E-state index in [0.29, 0.717) is 30.0 Å². The highest BCUT2D eigenvalue weighted by Crippen LogP contribution is 2.41. The van der Waals surface area contributed by atoms with E-state index < -0.39 is 42.7 Å². The van der Waals surface area contributed by atoms with Crippen LogP contribution in [0, 0.1) is 0 Å². The number of amides is 1. The second-order valence-electron chi connectivity index (χ2n) is 13.7. The Morgan fingerprint density at radius 1 is 1.00 bits per heavy atom. The van der Waals surface area contributed by atoms with E-state index >= 15 is 0 Å². The first-order chi connectivity index (χ1) is 27.1. The number of ether oxygens (including phenoxy) is 1. The average molecular weight is 770 g/mol. The molecule has 14 nitrogen and oxygen atoms in total. The Hall–Kier alpha value is -5.91. The van der Waals surface area contributed by atoms with Gasteiger partial charge in [-0.2, -0.15) is 23.1 Å². The normalized spacial score (nSPS) is 21.3. The van der Waals surface area contributed by atoms with Crippen LogP contribution in [0.5, 0.6) is 0 Å². The Kier molecular flexibility index (Phi) is 10.1. The maximum Gasteiger partial charge on any atom is 0.471 e. The van der Waals surface area contributed by atoms with Crippen molar-refractivity contribution in [3.63, 3.8) is 0 Å². The number of carbonyl (C=O) groups is 1. The van der Waals surface area contributed by atoms with Gasteiger partial charge in [0, 0.05) is 49.7 Å². The minimum absolute atomic E-state index is 0.0194. The minimum Gasteiger partial charge on any atom is -0.387 e. The number of nitrogens with one attached hydrogen (secondary N) is 1. The average Bonchev–Trinajstić information content (AvgIpc) is 4.03. The number of carbonyl (C=O) groups excluding carboxylic acids is 1. The number of aryl methyl sites for hydroxylation is 1. The van der Waals surface area contributed by atoms with Crippen molar-refractivity contribution in [3.05, 3.63) is 120 Å². The molecule has 0 bridgehead atoms. The summed E-state index contributed by atoms with van der Waals surface area (Å²) in [5.74, 6) is -1.37. The summed E-state index contributed by atoms with van der Waals surface area (Å²) in [6.07, 6.45) is -5.24. The van der Waals surface area contributed by atoms with E-state index in [0.717, 1.165) is 16.0 Å². The fourth-order valence-electron chi connectivity index (χ4n) is 7.38. The molecule has 0 unspecified atom stereocenters. The van der Waals surface area contributed by atoms with Crippen molar-refractivity contribution >= 4 is 34.5 Å². The van der Waals surface area contributed by atoms with E-state index in [9.17, 15) is 28.2 Å². The summed E-state index contributed by atoms with van der Waals surface area (Å²) in [4.78, 5) is 33.5. The molecule has 5 atom stereocenters. The van der Waals surface area contributed by atoms with Gasteiger partial charge in [0.1, 0.15) is 18.3 Å². The number of rotatable bonds is 11. The number of benzene rings is 2. The zero-order valence-electron chi connectivity index (χ0n) is 30.1. The SMILES string of the molecule is CCc1cc([C@H]2O[C@@H](n3cnc4c(NCC(c5ccccc5)c5ccccc5)nc(N5CC[C@@H](N(C(=O)C(F)(F)F)c6ccncc6)C5)nc43)[C@@H](O)[C@@H]2O)on1. The molecule has 290 valence electrons. The first-order valence-corrected chi connectivity index (χ1v) is 18.2. The van der Waals surface area contributed by atoms with Gasteiger partial charge < -0.3 is 29.7 Å². The van der Waals surface area contributed by atoms with Gasteiger partial charge in [-0.3, -0.25) is 19.2 Å². The van der Waals surface area contributed by atoms with Gasteiger partial charge in [0.2, 0.25) is 5.95 Å². The lowest BCUT2D eigenvalue weighted by atomic mass is 9.91. The lowest BCUT2D eigenvalue weighted by Crippen LogP contribution is -2.48. The Morgan fingerprint density at radius 2 is 1.70 bits per heavy atom. The smallest absolute Gasteiger partial charge is 0.387 e. The highest BCUT2D eigenvalue weighted by atomic mass is 19.4. The topological polar surface area (TPSA) is 168 Å². The molecule has 2 fully saturated rings. The molecule has 4 aromatic heterocycles. The van der Waals surface area contributed by atoms with Crippen LogP contribution in [-0.4, -0.2) is 89.8 Å². The van der Waals surface area contributed by atoms with Crippen molar-refractivity contribution in [2.45, 2.75) is 62.4 Å². The molecule has 2 saturated heterocycles. The molecule has 3 N–H and O–H groups in total. The quantitative estimate of drug-likeness (QED) is 0.158. The predicted molar refractivity (Wildman–Crippen MR) is 198 cm³/mol. The van der Waals surface area contributed by atoms with E-state index in [1.54, 1.807) is 11.0 Å². The lowest BCUT2D eigenvalue weighted by molar-refractivity contribution is -0.170. The fourth-order valence-corrected chi connectivity index (χ4v) is 7.38. The molecule has 8 rings (SSSR count). The Balaban J connectivity index is 1.16. The molecular weight excluding hydrogens is 731 g/mol. The number of fused-ring (bicyclic) bond motifs is 1. The van der Waals surface area contributed by atoms with Crippen molar-refractivity contribution in [1.29, 1.82) is 0 Å². The van der Waals surface area contributed by atoms with Crippen molar-refractivity contribution in [2.75, 3.05) is 34.8 Å². The van der Waals surface area contributed by atoms with Gasteiger partial charge in [-0.05, 0) is 36.1 Å². The number of aliphatic hydroxyl groups is 2. The zero-order valence-corrected chi connectivity index (χ0v) is 30.1. The largest absolute Gasteiger partial charge is 0.471 e. The number of imidazole rings is 1.